The van der Waals surface area contributed by atoms with Crippen LogP contribution in [0, 0.1) is 23.0 Å². The van der Waals surface area contributed by atoms with Crippen molar-refractivity contribution in [2.45, 2.75) is 6.42 Å². The van der Waals surface area contributed by atoms with E-state index in [-0.39, 0.29) is 12.0 Å². The fourth-order valence-corrected chi connectivity index (χ4v) is 1.97. The number of anilines is 2. The van der Waals surface area contributed by atoms with Gasteiger partial charge in [-0.2, -0.15) is 5.26 Å². The van der Waals surface area contributed by atoms with Gasteiger partial charge in [0.2, 0.25) is 12.3 Å². The Kier molecular flexibility index (Phi) is 10.5. The van der Waals surface area contributed by atoms with Gasteiger partial charge in [-0.25, -0.2) is 13.6 Å². The molecular formula is C21H20F2N4O5. The molecule has 3 amide bonds. The largest absolute Gasteiger partial charge is 0.452 e. The number of nitriles is 1. The summed E-state index contributed by atoms with van der Waals surface area (Å²) in [6.45, 7) is -0.743. The molecule has 0 heterocycles. The lowest BCUT2D eigenvalue weighted by molar-refractivity contribution is -0.119. The van der Waals surface area contributed by atoms with Crippen LogP contribution in [-0.4, -0.2) is 49.8 Å². The van der Waals surface area contributed by atoms with Gasteiger partial charge in [0.1, 0.15) is 23.7 Å². The third kappa shape index (κ3) is 9.00. The maximum absolute atomic E-state index is 13.4. The van der Waals surface area contributed by atoms with Gasteiger partial charge in [0.25, 0.3) is 5.91 Å². The zero-order valence-corrected chi connectivity index (χ0v) is 17.2. The monoisotopic (exact) mass is 446 g/mol. The van der Waals surface area contributed by atoms with Gasteiger partial charge in [-0.15, -0.1) is 0 Å². The van der Waals surface area contributed by atoms with E-state index in [9.17, 15) is 28.0 Å². The number of ether oxygens (including phenoxy) is 1. The molecule has 0 fully saturated rings. The fourth-order valence-electron chi connectivity index (χ4n) is 1.97. The number of nitrogens with one attached hydrogen (secondary N) is 2. The normalized spacial score (nSPS) is 9.34. The van der Waals surface area contributed by atoms with Crippen LogP contribution in [0.2, 0.25) is 0 Å². The lowest BCUT2D eigenvalue weighted by atomic mass is 10.2. The molecule has 0 aliphatic heterocycles. The highest BCUT2D eigenvalue weighted by Crippen LogP contribution is 2.18. The van der Waals surface area contributed by atoms with Crippen LogP contribution in [0.25, 0.3) is 0 Å². The molecule has 0 spiro atoms. The van der Waals surface area contributed by atoms with Crippen LogP contribution in [0.1, 0.15) is 16.8 Å². The highest BCUT2D eigenvalue weighted by Gasteiger charge is 2.14. The standard InChI is InChI=1S/C18H13F2N3O4.C3H7NO/c19-13-2-1-3-14(20)17(13)23-16(25)10-27-18(26)11-4-6-12(7-5-11)22-15(24)8-9-21;1-4(2)3-5/h1-7H,8,10H2,(H,22,24)(H,23,25);3H,1-2H3. The van der Waals surface area contributed by atoms with Gasteiger partial charge in [-0.1, -0.05) is 6.07 Å². The quantitative estimate of drug-likeness (QED) is 0.496. The van der Waals surface area contributed by atoms with E-state index in [2.05, 4.69) is 5.32 Å². The third-order valence-corrected chi connectivity index (χ3v) is 3.42. The lowest BCUT2D eigenvalue weighted by Gasteiger charge is -2.08. The Morgan fingerprint density at radius 2 is 1.59 bits per heavy atom. The summed E-state index contributed by atoms with van der Waals surface area (Å²) in [5, 5.41) is 12.8. The van der Waals surface area contributed by atoms with Crippen molar-refractivity contribution in [3.8, 4) is 6.07 Å². The molecule has 2 rings (SSSR count). The highest BCUT2D eigenvalue weighted by atomic mass is 19.1. The second-order valence-electron chi connectivity index (χ2n) is 6.25. The highest BCUT2D eigenvalue weighted by molar-refractivity contribution is 5.96. The summed E-state index contributed by atoms with van der Waals surface area (Å²) in [5.74, 6) is -4.15. The van der Waals surface area contributed by atoms with Gasteiger partial charge in [-0.3, -0.25) is 14.4 Å². The minimum atomic E-state index is -0.955. The lowest BCUT2D eigenvalue weighted by Crippen LogP contribution is -2.22. The zero-order chi connectivity index (χ0) is 24.1. The molecule has 2 N–H and O–H groups in total. The molecule has 2 aromatic carbocycles. The van der Waals surface area contributed by atoms with E-state index in [1.807, 2.05) is 5.32 Å². The number of benzene rings is 2. The number of nitrogens with zero attached hydrogens (tertiary/aromatic N) is 2. The molecule has 0 aromatic heterocycles. The number of para-hydroxylation sites is 1. The number of halogens is 2. The molecule has 0 radical (unpaired) electrons. The molecule has 0 saturated heterocycles. The first kappa shape index (κ1) is 25.7. The zero-order valence-electron chi connectivity index (χ0n) is 17.2. The van der Waals surface area contributed by atoms with Crippen LogP contribution in [0.3, 0.4) is 0 Å². The van der Waals surface area contributed by atoms with Crippen molar-refractivity contribution in [1.82, 2.24) is 4.90 Å². The molecule has 0 unspecified atom stereocenters. The predicted molar refractivity (Wildman–Crippen MR) is 110 cm³/mol. The SMILES string of the molecule is CN(C)C=O.N#CCC(=O)Nc1ccc(C(=O)OCC(=O)Nc2c(F)cccc2F)cc1. The van der Waals surface area contributed by atoms with E-state index < -0.39 is 41.7 Å². The molecular weight excluding hydrogens is 426 g/mol. The van der Waals surface area contributed by atoms with Crippen LogP contribution in [0.5, 0.6) is 0 Å². The van der Waals surface area contributed by atoms with Crippen molar-refractivity contribution >= 4 is 35.6 Å². The molecule has 0 aliphatic carbocycles. The van der Waals surface area contributed by atoms with Crippen LogP contribution in [-0.2, 0) is 19.1 Å². The van der Waals surface area contributed by atoms with Gasteiger partial charge in [-0.05, 0) is 36.4 Å². The van der Waals surface area contributed by atoms with Gasteiger partial charge in [0.15, 0.2) is 6.61 Å². The molecule has 0 atom stereocenters. The van der Waals surface area contributed by atoms with Gasteiger partial charge in [0, 0.05) is 19.8 Å². The van der Waals surface area contributed by atoms with Crippen molar-refractivity contribution < 1.29 is 32.7 Å². The van der Waals surface area contributed by atoms with Crippen molar-refractivity contribution in [3.05, 3.63) is 59.7 Å². The smallest absolute Gasteiger partial charge is 0.338 e. The maximum atomic E-state index is 13.4. The summed E-state index contributed by atoms with van der Waals surface area (Å²) in [5.41, 5.74) is -0.159. The molecule has 0 bridgehead atoms. The van der Waals surface area contributed by atoms with E-state index >= 15 is 0 Å². The van der Waals surface area contributed by atoms with Crippen LogP contribution < -0.4 is 10.6 Å². The average molecular weight is 446 g/mol. The Morgan fingerprint density at radius 3 is 2.09 bits per heavy atom. The van der Waals surface area contributed by atoms with Crippen LogP contribution in [0.15, 0.2) is 42.5 Å². The molecule has 11 heteroatoms. The van der Waals surface area contributed by atoms with Crippen molar-refractivity contribution in [1.29, 1.82) is 5.26 Å². The maximum Gasteiger partial charge on any atom is 0.338 e. The predicted octanol–water partition coefficient (Wildman–Crippen LogP) is 2.32. The molecule has 2 aromatic rings. The Labute approximate surface area is 182 Å². The first-order valence-corrected chi connectivity index (χ1v) is 8.97. The first-order valence-electron chi connectivity index (χ1n) is 8.97. The second kappa shape index (κ2) is 13.1. The number of rotatable bonds is 7. The minimum Gasteiger partial charge on any atom is -0.452 e. The molecule has 9 nitrogen and oxygen atoms in total. The number of hydrogen-bond acceptors (Lipinski definition) is 6. The summed E-state index contributed by atoms with van der Waals surface area (Å²) < 4.78 is 31.7. The van der Waals surface area contributed by atoms with Gasteiger partial charge >= 0.3 is 5.97 Å². The van der Waals surface area contributed by atoms with E-state index in [1.165, 1.54) is 29.2 Å². The number of esters is 1. The van der Waals surface area contributed by atoms with E-state index in [0.717, 1.165) is 24.6 Å². The summed E-state index contributed by atoms with van der Waals surface area (Å²) in [7, 11) is 3.38. The molecule has 0 aliphatic rings. The average Bonchev–Trinajstić information content (AvgIpc) is 2.75. The number of carbonyl (C=O) groups is 4. The second-order valence-corrected chi connectivity index (χ2v) is 6.25. The van der Waals surface area contributed by atoms with Crippen molar-refractivity contribution in [2.75, 3.05) is 31.3 Å². The van der Waals surface area contributed by atoms with Crippen molar-refractivity contribution in [2.24, 2.45) is 0 Å². The summed E-state index contributed by atoms with van der Waals surface area (Å²) in [4.78, 5) is 45.7. The van der Waals surface area contributed by atoms with Crippen LogP contribution >= 0.6 is 0 Å². The van der Waals surface area contributed by atoms with E-state index in [0.29, 0.717) is 5.69 Å². The van der Waals surface area contributed by atoms with Crippen molar-refractivity contribution in [3.63, 3.8) is 0 Å². The molecule has 32 heavy (non-hydrogen) atoms. The van der Waals surface area contributed by atoms with Crippen LogP contribution in [0.4, 0.5) is 20.2 Å². The summed E-state index contributed by atoms with van der Waals surface area (Å²) >= 11 is 0. The van der Waals surface area contributed by atoms with E-state index in [4.69, 9.17) is 10.00 Å². The summed E-state index contributed by atoms with van der Waals surface area (Å²) in [6.07, 6.45) is 0.446. The Balaban J connectivity index is 0.000000920. The number of carbonyl (C=O) groups excluding carboxylic acids is 4. The Hall–Kier alpha value is -4.33. The van der Waals surface area contributed by atoms with Gasteiger partial charge < -0.3 is 20.3 Å². The fraction of sp³-hybridized carbons (Fsp3) is 0.190. The Morgan fingerprint density at radius 1 is 1.03 bits per heavy atom. The third-order valence-electron chi connectivity index (χ3n) is 3.42. The summed E-state index contributed by atoms with van der Waals surface area (Å²) in [6, 6.07) is 10.3. The first-order chi connectivity index (χ1) is 15.2. The minimum absolute atomic E-state index is 0.0955. The Bertz CT molecular complexity index is 984. The molecule has 168 valence electrons. The van der Waals surface area contributed by atoms with Gasteiger partial charge in [0.05, 0.1) is 11.6 Å². The number of hydrogen-bond donors (Lipinski definition) is 2. The van der Waals surface area contributed by atoms with E-state index in [1.54, 1.807) is 20.2 Å². The molecule has 0 saturated carbocycles. The topological polar surface area (TPSA) is 129 Å². The number of amides is 3.